The highest BCUT2D eigenvalue weighted by Crippen LogP contribution is 2.22. The SMILES string of the molecule is CC(CC(=O)NCCNS(=O)(=O)c1cccc(Cl)c1)C1CCCNC1.Cl. The molecule has 0 bridgehead atoms. The molecule has 1 aliphatic rings. The van der Waals surface area contributed by atoms with Crippen LogP contribution in [0.15, 0.2) is 29.2 Å². The summed E-state index contributed by atoms with van der Waals surface area (Å²) in [6, 6.07) is 6.07. The zero-order valence-corrected chi connectivity index (χ0v) is 17.2. The highest BCUT2D eigenvalue weighted by Gasteiger charge is 2.22. The fourth-order valence-corrected chi connectivity index (χ4v) is 4.33. The van der Waals surface area contributed by atoms with Gasteiger partial charge in [0.05, 0.1) is 4.90 Å². The van der Waals surface area contributed by atoms with Crippen molar-refractivity contribution in [3.63, 3.8) is 0 Å². The summed E-state index contributed by atoms with van der Waals surface area (Å²) in [7, 11) is -3.61. The highest BCUT2D eigenvalue weighted by molar-refractivity contribution is 7.89. The molecule has 0 saturated carbocycles. The third kappa shape index (κ3) is 7.40. The number of carbonyl (C=O) groups excluding carboxylic acids is 1. The summed E-state index contributed by atoms with van der Waals surface area (Å²) >= 11 is 5.81. The lowest BCUT2D eigenvalue weighted by Crippen LogP contribution is -2.37. The molecule has 2 rings (SSSR count). The quantitative estimate of drug-likeness (QED) is 0.559. The minimum absolute atomic E-state index is 0. The Hall–Kier alpha value is -0.860. The number of nitrogens with one attached hydrogen (secondary N) is 3. The molecule has 2 unspecified atom stereocenters. The first-order chi connectivity index (χ1) is 11.9. The van der Waals surface area contributed by atoms with Crippen LogP contribution in [0, 0.1) is 11.8 Å². The molecule has 3 N–H and O–H groups in total. The maximum absolute atomic E-state index is 12.1. The molecule has 1 aromatic carbocycles. The Morgan fingerprint density at radius 2 is 2.15 bits per heavy atom. The largest absolute Gasteiger partial charge is 0.355 e. The maximum Gasteiger partial charge on any atom is 0.240 e. The number of sulfonamides is 1. The lowest BCUT2D eigenvalue weighted by molar-refractivity contribution is -0.122. The number of halogens is 2. The minimum atomic E-state index is -3.61. The van der Waals surface area contributed by atoms with E-state index < -0.39 is 10.0 Å². The van der Waals surface area contributed by atoms with Gasteiger partial charge in [-0.15, -0.1) is 12.4 Å². The minimum Gasteiger partial charge on any atom is -0.355 e. The van der Waals surface area contributed by atoms with E-state index in [1.807, 2.05) is 0 Å². The van der Waals surface area contributed by atoms with Crippen molar-refractivity contribution < 1.29 is 13.2 Å². The average molecular weight is 424 g/mol. The second kappa shape index (κ2) is 11.1. The van der Waals surface area contributed by atoms with Crippen LogP contribution >= 0.6 is 24.0 Å². The zero-order valence-electron chi connectivity index (χ0n) is 14.8. The third-order valence-corrected chi connectivity index (χ3v) is 6.19. The Bertz CT molecular complexity index is 680. The van der Waals surface area contributed by atoms with Crippen LogP contribution in [-0.2, 0) is 14.8 Å². The van der Waals surface area contributed by atoms with E-state index in [9.17, 15) is 13.2 Å². The van der Waals surface area contributed by atoms with E-state index in [-0.39, 0.29) is 36.3 Å². The molecular formula is C17H27Cl2N3O3S. The van der Waals surface area contributed by atoms with Crippen molar-refractivity contribution >= 4 is 39.9 Å². The first-order valence-corrected chi connectivity index (χ1v) is 10.5. The molecule has 0 spiro atoms. The number of amides is 1. The zero-order chi connectivity index (χ0) is 18.3. The van der Waals surface area contributed by atoms with Crippen LogP contribution in [0.4, 0.5) is 0 Å². The number of hydrogen-bond acceptors (Lipinski definition) is 4. The van der Waals surface area contributed by atoms with Gasteiger partial charge in [0.15, 0.2) is 0 Å². The molecule has 1 heterocycles. The monoisotopic (exact) mass is 423 g/mol. The van der Waals surface area contributed by atoms with Crippen LogP contribution in [0.5, 0.6) is 0 Å². The van der Waals surface area contributed by atoms with Crippen LogP contribution in [-0.4, -0.2) is 40.5 Å². The number of rotatable bonds is 8. The molecule has 1 aromatic rings. The van der Waals surface area contributed by atoms with E-state index >= 15 is 0 Å². The van der Waals surface area contributed by atoms with Crippen molar-refractivity contribution in [3.05, 3.63) is 29.3 Å². The van der Waals surface area contributed by atoms with Gasteiger partial charge in [-0.25, -0.2) is 13.1 Å². The van der Waals surface area contributed by atoms with Gasteiger partial charge < -0.3 is 10.6 Å². The van der Waals surface area contributed by atoms with Gasteiger partial charge in [-0.3, -0.25) is 4.79 Å². The van der Waals surface area contributed by atoms with Crippen LogP contribution in [0.25, 0.3) is 0 Å². The average Bonchev–Trinajstić information content (AvgIpc) is 2.59. The Kier molecular flexibility index (Phi) is 9.89. The molecule has 1 saturated heterocycles. The molecular weight excluding hydrogens is 397 g/mol. The summed E-state index contributed by atoms with van der Waals surface area (Å²) in [5, 5.41) is 6.50. The van der Waals surface area contributed by atoms with E-state index in [1.165, 1.54) is 12.1 Å². The first-order valence-electron chi connectivity index (χ1n) is 8.61. The van der Waals surface area contributed by atoms with E-state index in [0.29, 0.717) is 23.3 Å². The number of carbonyl (C=O) groups is 1. The molecule has 0 aromatic heterocycles. The Morgan fingerprint density at radius 3 is 2.81 bits per heavy atom. The second-order valence-electron chi connectivity index (χ2n) is 6.49. The number of benzene rings is 1. The Balaban J connectivity index is 0.00000338. The lowest BCUT2D eigenvalue weighted by Gasteiger charge is -2.28. The summed E-state index contributed by atoms with van der Waals surface area (Å²) in [4.78, 5) is 12.1. The maximum atomic E-state index is 12.1. The fraction of sp³-hybridized carbons (Fsp3) is 0.588. The normalized spacial score (nSPS) is 18.6. The molecule has 1 aliphatic heterocycles. The molecule has 0 aliphatic carbocycles. The summed E-state index contributed by atoms with van der Waals surface area (Å²) < 4.78 is 26.7. The van der Waals surface area contributed by atoms with Crippen molar-refractivity contribution in [3.8, 4) is 0 Å². The van der Waals surface area contributed by atoms with Gasteiger partial charge in [-0.1, -0.05) is 24.6 Å². The van der Waals surface area contributed by atoms with Gasteiger partial charge in [0.1, 0.15) is 0 Å². The van der Waals surface area contributed by atoms with Crippen LogP contribution in [0.1, 0.15) is 26.2 Å². The van der Waals surface area contributed by atoms with Gasteiger partial charge in [-0.2, -0.15) is 0 Å². The predicted octanol–water partition coefficient (Wildman–Crippen LogP) is 2.18. The molecule has 1 fully saturated rings. The lowest BCUT2D eigenvalue weighted by atomic mass is 9.85. The van der Waals surface area contributed by atoms with E-state index in [0.717, 1.165) is 25.9 Å². The fourth-order valence-electron chi connectivity index (χ4n) is 3.00. The van der Waals surface area contributed by atoms with Gasteiger partial charge >= 0.3 is 0 Å². The summed E-state index contributed by atoms with van der Waals surface area (Å²) in [6.07, 6.45) is 2.77. The molecule has 1 amide bonds. The summed E-state index contributed by atoms with van der Waals surface area (Å²) in [5.41, 5.74) is 0. The van der Waals surface area contributed by atoms with Crippen molar-refractivity contribution in [2.45, 2.75) is 31.1 Å². The topological polar surface area (TPSA) is 87.3 Å². The Morgan fingerprint density at radius 1 is 1.38 bits per heavy atom. The molecule has 9 heteroatoms. The predicted molar refractivity (Wildman–Crippen MR) is 106 cm³/mol. The summed E-state index contributed by atoms with van der Waals surface area (Å²) in [6.45, 7) is 4.52. The second-order valence-corrected chi connectivity index (χ2v) is 8.70. The third-order valence-electron chi connectivity index (χ3n) is 4.49. The first kappa shape index (κ1) is 23.2. The number of hydrogen-bond donors (Lipinski definition) is 3. The van der Waals surface area contributed by atoms with Gasteiger partial charge in [0.2, 0.25) is 15.9 Å². The smallest absolute Gasteiger partial charge is 0.240 e. The molecule has 6 nitrogen and oxygen atoms in total. The van der Waals surface area contributed by atoms with Crippen molar-refractivity contribution in [1.82, 2.24) is 15.4 Å². The molecule has 0 radical (unpaired) electrons. The van der Waals surface area contributed by atoms with E-state index in [1.54, 1.807) is 12.1 Å². The van der Waals surface area contributed by atoms with Crippen molar-refractivity contribution in [2.24, 2.45) is 11.8 Å². The van der Waals surface area contributed by atoms with Crippen LogP contribution in [0.3, 0.4) is 0 Å². The highest BCUT2D eigenvalue weighted by atomic mass is 35.5. The summed E-state index contributed by atoms with van der Waals surface area (Å²) in [5.74, 6) is 0.803. The van der Waals surface area contributed by atoms with Crippen LogP contribution < -0.4 is 15.4 Å². The van der Waals surface area contributed by atoms with E-state index in [2.05, 4.69) is 22.3 Å². The van der Waals surface area contributed by atoms with Crippen LogP contribution in [0.2, 0.25) is 5.02 Å². The van der Waals surface area contributed by atoms with Crippen molar-refractivity contribution in [2.75, 3.05) is 26.2 Å². The van der Waals surface area contributed by atoms with Gasteiger partial charge in [-0.05, 0) is 56.0 Å². The van der Waals surface area contributed by atoms with Gasteiger partial charge in [0, 0.05) is 24.5 Å². The van der Waals surface area contributed by atoms with Gasteiger partial charge in [0.25, 0.3) is 0 Å². The van der Waals surface area contributed by atoms with Crippen molar-refractivity contribution in [1.29, 1.82) is 0 Å². The molecule has 26 heavy (non-hydrogen) atoms. The molecule has 2 atom stereocenters. The van der Waals surface area contributed by atoms with E-state index in [4.69, 9.17) is 11.6 Å². The number of piperidine rings is 1. The standard InChI is InChI=1S/C17H26ClN3O3S.ClH/c1-13(14-4-3-7-19-12-14)10-17(22)20-8-9-21-25(23,24)16-6-2-5-15(18)11-16;/h2,5-6,11,13-14,19,21H,3-4,7-10,12H2,1H3,(H,20,22);1H. The molecule has 148 valence electrons. The Labute approximate surface area is 166 Å².